The van der Waals surface area contributed by atoms with E-state index in [1.165, 1.54) is 13.2 Å². The molecule has 0 fully saturated rings. The third-order valence-corrected chi connectivity index (χ3v) is 3.23. The first kappa shape index (κ1) is 13.6. The van der Waals surface area contributed by atoms with Crippen molar-refractivity contribution in [2.45, 2.75) is 6.54 Å². The summed E-state index contributed by atoms with van der Waals surface area (Å²) >= 11 is 3.27. The molecule has 0 bridgehead atoms. The lowest BCUT2D eigenvalue weighted by atomic mass is 10.3. The Morgan fingerprint density at radius 3 is 2.89 bits per heavy atom. The Hall–Kier alpha value is -1.82. The third-order valence-electron chi connectivity index (χ3n) is 2.57. The predicted octanol–water partition coefficient (Wildman–Crippen LogP) is 3.32. The fraction of sp³-hybridized carbons (Fsp3) is 0.154. The van der Waals surface area contributed by atoms with E-state index in [0.717, 1.165) is 5.69 Å². The van der Waals surface area contributed by atoms with Crippen LogP contribution < -0.4 is 5.32 Å². The minimum absolute atomic E-state index is 0.339. The molecule has 1 aromatic heterocycles. The van der Waals surface area contributed by atoms with E-state index in [2.05, 4.69) is 31.0 Å². The molecular formula is C13H12BrFN2O2. The van der Waals surface area contributed by atoms with Crippen LogP contribution in [-0.2, 0) is 11.3 Å². The van der Waals surface area contributed by atoms with Gasteiger partial charge in [0.25, 0.3) is 0 Å². The number of aromatic nitrogens is 1. The molecule has 0 aliphatic rings. The number of carbonyl (C=O) groups excluding carboxylic acids is 1. The predicted molar refractivity (Wildman–Crippen MR) is 73.6 cm³/mol. The van der Waals surface area contributed by atoms with Crippen molar-refractivity contribution in [3.8, 4) is 0 Å². The van der Waals surface area contributed by atoms with Crippen LogP contribution in [0.4, 0.5) is 10.1 Å². The Morgan fingerprint density at radius 1 is 1.42 bits per heavy atom. The van der Waals surface area contributed by atoms with Crippen LogP contribution in [0, 0.1) is 5.82 Å². The van der Waals surface area contributed by atoms with Crippen LogP contribution in [0.3, 0.4) is 0 Å². The van der Waals surface area contributed by atoms with Crippen molar-refractivity contribution in [1.29, 1.82) is 0 Å². The van der Waals surface area contributed by atoms with Crippen molar-refractivity contribution < 1.29 is 13.9 Å². The Morgan fingerprint density at radius 2 is 2.21 bits per heavy atom. The molecule has 4 nitrogen and oxygen atoms in total. The SMILES string of the molecule is COC(=O)c1ccc(CNc2c(F)cccc2Br)[nH]1. The van der Waals surface area contributed by atoms with Gasteiger partial charge in [0.05, 0.1) is 19.3 Å². The van der Waals surface area contributed by atoms with Crippen molar-refractivity contribution >= 4 is 27.6 Å². The van der Waals surface area contributed by atoms with Crippen LogP contribution in [0.1, 0.15) is 16.2 Å². The molecule has 0 amide bonds. The Balaban J connectivity index is 2.07. The highest BCUT2D eigenvalue weighted by atomic mass is 79.9. The number of benzene rings is 1. The molecule has 0 aliphatic carbocycles. The number of esters is 1. The van der Waals surface area contributed by atoms with Gasteiger partial charge in [-0.2, -0.15) is 0 Å². The smallest absolute Gasteiger partial charge is 0.354 e. The van der Waals surface area contributed by atoms with E-state index in [-0.39, 0.29) is 5.82 Å². The average Bonchev–Trinajstić information content (AvgIpc) is 2.86. The average molecular weight is 327 g/mol. The molecule has 1 heterocycles. The molecular weight excluding hydrogens is 315 g/mol. The monoisotopic (exact) mass is 326 g/mol. The Bertz CT molecular complexity index is 578. The number of anilines is 1. The number of rotatable bonds is 4. The van der Waals surface area contributed by atoms with Crippen LogP contribution in [0.2, 0.25) is 0 Å². The molecule has 0 unspecified atom stereocenters. The van der Waals surface area contributed by atoms with Gasteiger partial charge in [-0.25, -0.2) is 9.18 Å². The van der Waals surface area contributed by atoms with Crippen LogP contribution in [-0.4, -0.2) is 18.1 Å². The van der Waals surface area contributed by atoms with Gasteiger partial charge in [0.2, 0.25) is 0 Å². The maximum Gasteiger partial charge on any atom is 0.354 e. The summed E-state index contributed by atoms with van der Waals surface area (Å²) in [6.07, 6.45) is 0. The number of aromatic amines is 1. The molecule has 0 radical (unpaired) electrons. The van der Waals surface area contributed by atoms with Crippen molar-refractivity contribution in [3.63, 3.8) is 0 Å². The summed E-state index contributed by atoms with van der Waals surface area (Å²) in [4.78, 5) is 14.2. The second-order valence-corrected chi connectivity index (χ2v) is 4.69. The van der Waals surface area contributed by atoms with Gasteiger partial charge in [0, 0.05) is 10.2 Å². The maximum absolute atomic E-state index is 13.6. The first-order valence-electron chi connectivity index (χ1n) is 5.56. The first-order chi connectivity index (χ1) is 9.11. The summed E-state index contributed by atoms with van der Waals surface area (Å²) in [5.41, 5.74) is 1.51. The summed E-state index contributed by atoms with van der Waals surface area (Å²) in [5, 5.41) is 2.96. The summed E-state index contributed by atoms with van der Waals surface area (Å²) in [7, 11) is 1.32. The van der Waals surface area contributed by atoms with Crippen molar-refractivity contribution in [2.24, 2.45) is 0 Å². The van der Waals surface area contributed by atoms with Crippen LogP contribution in [0.25, 0.3) is 0 Å². The second kappa shape index (κ2) is 5.88. The standard InChI is InChI=1S/C13H12BrFN2O2/c1-19-13(18)11-6-5-8(17-11)7-16-12-9(14)3-2-4-10(12)15/h2-6,16-17H,7H2,1H3. The van der Waals surface area contributed by atoms with Gasteiger partial charge in [0.15, 0.2) is 0 Å². The second-order valence-electron chi connectivity index (χ2n) is 3.84. The summed E-state index contributed by atoms with van der Waals surface area (Å²) in [5.74, 6) is -0.771. The lowest BCUT2D eigenvalue weighted by Crippen LogP contribution is -2.05. The number of H-pyrrole nitrogens is 1. The number of carbonyl (C=O) groups is 1. The zero-order chi connectivity index (χ0) is 13.8. The van der Waals surface area contributed by atoms with E-state index in [4.69, 9.17) is 0 Å². The highest BCUT2D eigenvalue weighted by molar-refractivity contribution is 9.10. The Labute approximate surface area is 118 Å². The summed E-state index contributed by atoms with van der Waals surface area (Å²) in [6, 6.07) is 8.11. The molecule has 0 saturated heterocycles. The molecule has 2 N–H and O–H groups in total. The number of para-hydroxylation sites is 1. The summed E-state index contributed by atoms with van der Waals surface area (Å²) < 4.78 is 18.8. The fourth-order valence-electron chi connectivity index (χ4n) is 1.62. The quantitative estimate of drug-likeness (QED) is 0.847. The maximum atomic E-state index is 13.6. The van der Waals surface area contributed by atoms with E-state index < -0.39 is 5.97 Å². The molecule has 19 heavy (non-hydrogen) atoms. The highest BCUT2D eigenvalue weighted by Crippen LogP contribution is 2.25. The zero-order valence-corrected chi connectivity index (χ0v) is 11.8. The van der Waals surface area contributed by atoms with Crippen LogP contribution >= 0.6 is 15.9 Å². The van der Waals surface area contributed by atoms with Gasteiger partial charge in [-0.1, -0.05) is 6.07 Å². The van der Waals surface area contributed by atoms with E-state index >= 15 is 0 Å². The van der Waals surface area contributed by atoms with E-state index in [1.807, 2.05) is 0 Å². The van der Waals surface area contributed by atoms with Crippen molar-refractivity contribution in [1.82, 2.24) is 4.98 Å². The topological polar surface area (TPSA) is 54.1 Å². The minimum atomic E-state index is -0.432. The largest absolute Gasteiger partial charge is 0.464 e. The molecule has 2 aromatic rings. The van der Waals surface area contributed by atoms with Gasteiger partial charge in [0.1, 0.15) is 11.5 Å². The molecule has 0 aliphatic heterocycles. The zero-order valence-electron chi connectivity index (χ0n) is 10.2. The van der Waals surface area contributed by atoms with Crippen molar-refractivity contribution in [2.75, 3.05) is 12.4 Å². The van der Waals surface area contributed by atoms with E-state index in [1.54, 1.807) is 24.3 Å². The fourth-order valence-corrected chi connectivity index (χ4v) is 2.10. The highest BCUT2D eigenvalue weighted by Gasteiger charge is 2.09. The molecule has 0 spiro atoms. The number of nitrogens with one attached hydrogen (secondary N) is 2. The van der Waals surface area contributed by atoms with Gasteiger partial charge in [-0.15, -0.1) is 0 Å². The molecule has 1 aromatic carbocycles. The number of halogens is 2. The van der Waals surface area contributed by atoms with Gasteiger partial charge >= 0.3 is 5.97 Å². The normalized spacial score (nSPS) is 10.3. The minimum Gasteiger partial charge on any atom is -0.464 e. The van der Waals surface area contributed by atoms with Crippen LogP contribution in [0.15, 0.2) is 34.8 Å². The number of ether oxygens (including phenoxy) is 1. The number of methoxy groups -OCH3 is 1. The third kappa shape index (κ3) is 3.14. The molecule has 2 rings (SSSR count). The number of hydrogen-bond acceptors (Lipinski definition) is 3. The van der Waals surface area contributed by atoms with E-state index in [9.17, 15) is 9.18 Å². The first-order valence-corrected chi connectivity index (χ1v) is 6.35. The number of hydrogen-bond donors (Lipinski definition) is 2. The lowest BCUT2D eigenvalue weighted by Gasteiger charge is -2.08. The molecule has 0 atom stereocenters. The molecule has 100 valence electrons. The van der Waals surface area contributed by atoms with Gasteiger partial charge in [-0.05, 0) is 40.2 Å². The Kier molecular flexibility index (Phi) is 4.21. The van der Waals surface area contributed by atoms with Gasteiger partial charge < -0.3 is 15.0 Å². The van der Waals surface area contributed by atoms with Crippen molar-refractivity contribution in [3.05, 3.63) is 52.0 Å². The lowest BCUT2D eigenvalue weighted by molar-refractivity contribution is 0.0594. The van der Waals surface area contributed by atoms with E-state index in [0.29, 0.717) is 22.4 Å². The van der Waals surface area contributed by atoms with Crippen LogP contribution in [0.5, 0.6) is 0 Å². The summed E-state index contributed by atoms with van der Waals surface area (Å²) in [6.45, 7) is 0.372. The van der Waals surface area contributed by atoms with Gasteiger partial charge in [-0.3, -0.25) is 0 Å². The molecule has 6 heteroatoms. The molecule has 0 saturated carbocycles.